The summed E-state index contributed by atoms with van der Waals surface area (Å²) in [5, 5.41) is 0.762. The molecule has 3 amide bonds. The minimum atomic E-state index is -0.824. The molecule has 0 fully saturated rings. The number of nitrogens with two attached hydrogens (primary N) is 2. The quantitative estimate of drug-likeness (QED) is 0.419. The fourth-order valence-corrected chi connectivity index (χ4v) is 0.754. The van der Waals surface area contributed by atoms with Crippen LogP contribution in [0.4, 0.5) is 4.79 Å². The molecule has 7 nitrogen and oxygen atoms in total. The zero-order chi connectivity index (χ0) is 12.1. The maximum Gasteiger partial charge on any atom is 0.339 e. The number of rotatable bonds is 6. The first-order valence-electron chi connectivity index (χ1n) is 4.51. The van der Waals surface area contributed by atoms with E-state index >= 15 is 0 Å². The summed E-state index contributed by atoms with van der Waals surface area (Å²) in [6, 6.07) is -0.824. The van der Waals surface area contributed by atoms with Gasteiger partial charge < -0.3 is 16.0 Å². The van der Waals surface area contributed by atoms with E-state index in [4.69, 9.17) is 16.3 Å². The van der Waals surface area contributed by atoms with Gasteiger partial charge in [-0.05, 0) is 0 Å². The average molecular weight is 219 g/mol. The van der Waals surface area contributed by atoms with Crippen molar-refractivity contribution in [2.24, 2.45) is 11.5 Å². The summed E-state index contributed by atoms with van der Waals surface area (Å²) in [6.07, 6.45) is 0. The second-order valence-electron chi connectivity index (χ2n) is 4.19. The van der Waals surface area contributed by atoms with Gasteiger partial charge in [0.2, 0.25) is 5.91 Å². The number of nitrogens with zero attached hydrogens (tertiary/aromatic N) is 2. The molecule has 0 aliphatic heterocycles. The monoisotopic (exact) mass is 219 g/mol. The number of carbonyl (C=O) groups is 2. The Balaban J connectivity index is 3.98. The normalized spacial score (nSPS) is 11.1. The number of carbonyl (C=O) groups excluding carboxylic acids is 2. The summed E-state index contributed by atoms with van der Waals surface area (Å²) in [4.78, 5) is 26.4. The predicted molar refractivity (Wildman–Crippen MR) is 54.3 cm³/mol. The number of quaternary nitrogens is 1. The number of urea groups is 1. The van der Waals surface area contributed by atoms with Crippen LogP contribution in [0.5, 0.6) is 0 Å². The number of hydrogen-bond acceptors (Lipinski definition) is 3. The molecule has 0 saturated heterocycles. The molecule has 0 radical (unpaired) electrons. The van der Waals surface area contributed by atoms with Crippen LogP contribution in [0.25, 0.3) is 0 Å². The van der Waals surface area contributed by atoms with Gasteiger partial charge in [-0.3, -0.25) is 9.63 Å². The molecule has 7 heteroatoms. The highest BCUT2D eigenvalue weighted by Gasteiger charge is 2.15. The van der Waals surface area contributed by atoms with Crippen molar-refractivity contribution in [3.63, 3.8) is 0 Å². The minimum absolute atomic E-state index is 0.291. The SMILES string of the molecule is C[N+](C)(C)CCON(CC(N)=O)C(N)=O. The lowest BCUT2D eigenvalue weighted by Crippen LogP contribution is -2.44. The summed E-state index contributed by atoms with van der Waals surface area (Å²) in [6.45, 7) is 0.648. The van der Waals surface area contributed by atoms with E-state index in [1.165, 1.54) is 0 Å². The molecule has 0 aromatic rings. The summed E-state index contributed by atoms with van der Waals surface area (Å²) in [7, 11) is 5.93. The van der Waals surface area contributed by atoms with Crippen molar-refractivity contribution in [3.05, 3.63) is 0 Å². The topological polar surface area (TPSA) is 98.7 Å². The molecule has 0 unspecified atom stereocenters. The molecule has 4 N–H and O–H groups in total. The summed E-state index contributed by atoms with van der Waals surface area (Å²) in [5.41, 5.74) is 9.90. The third-order valence-corrected chi connectivity index (χ3v) is 1.55. The predicted octanol–water partition coefficient (Wildman–Crippen LogP) is -1.51. The number of hydroxylamine groups is 2. The first-order valence-corrected chi connectivity index (χ1v) is 4.51. The summed E-state index contributed by atoms with van der Waals surface area (Å²) >= 11 is 0. The molecule has 0 aliphatic carbocycles. The minimum Gasteiger partial charge on any atom is -0.368 e. The Kier molecular flexibility index (Phi) is 5.03. The Morgan fingerprint density at radius 2 is 1.80 bits per heavy atom. The van der Waals surface area contributed by atoms with E-state index in [0.29, 0.717) is 17.6 Å². The lowest BCUT2D eigenvalue weighted by Gasteiger charge is -2.25. The van der Waals surface area contributed by atoms with E-state index in [1.54, 1.807) is 0 Å². The van der Waals surface area contributed by atoms with E-state index in [-0.39, 0.29) is 6.54 Å². The van der Waals surface area contributed by atoms with Crippen LogP contribution in [0.15, 0.2) is 0 Å². The molecule has 0 saturated carbocycles. The highest BCUT2D eigenvalue weighted by molar-refractivity contribution is 5.81. The third kappa shape index (κ3) is 7.71. The van der Waals surface area contributed by atoms with Gasteiger partial charge >= 0.3 is 6.03 Å². The highest BCUT2D eigenvalue weighted by atomic mass is 16.7. The Bertz CT molecular complexity index is 237. The van der Waals surface area contributed by atoms with Crippen molar-refractivity contribution in [1.82, 2.24) is 5.06 Å². The Morgan fingerprint density at radius 1 is 1.27 bits per heavy atom. The molecule has 0 aromatic carbocycles. The van der Waals surface area contributed by atoms with E-state index in [0.717, 1.165) is 5.06 Å². The van der Waals surface area contributed by atoms with Gasteiger partial charge in [0, 0.05) is 0 Å². The van der Waals surface area contributed by atoms with Crippen LogP contribution in [0, 0.1) is 0 Å². The van der Waals surface area contributed by atoms with Crippen molar-refractivity contribution < 1.29 is 18.9 Å². The Morgan fingerprint density at radius 3 is 2.13 bits per heavy atom. The molecule has 15 heavy (non-hydrogen) atoms. The molecule has 0 rings (SSSR count). The Hall–Kier alpha value is -1.34. The van der Waals surface area contributed by atoms with Gasteiger partial charge in [-0.25, -0.2) is 4.79 Å². The lowest BCUT2D eigenvalue weighted by molar-refractivity contribution is -0.871. The van der Waals surface area contributed by atoms with Crippen LogP contribution in [0.1, 0.15) is 0 Å². The molecule has 0 heterocycles. The average Bonchev–Trinajstić information content (AvgIpc) is 1.99. The van der Waals surface area contributed by atoms with Crippen LogP contribution >= 0.6 is 0 Å². The molecule has 0 aliphatic rings. The van der Waals surface area contributed by atoms with Gasteiger partial charge in [-0.2, -0.15) is 5.06 Å². The molecular weight excluding hydrogens is 200 g/mol. The molecular formula is C8H19N4O3+. The fraction of sp³-hybridized carbons (Fsp3) is 0.750. The van der Waals surface area contributed by atoms with Crippen molar-refractivity contribution in [2.75, 3.05) is 40.8 Å². The first-order chi connectivity index (χ1) is 6.72. The number of likely N-dealkylation sites (N-methyl/N-ethyl adjacent to an activating group) is 1. The molecule has 0 spiro atoms. The van der Waals surface area contributed by atoms with Gasteiger partial charge in [0.05, 0.1) is 21.1 Å². The Labute approximate surface area is 89.1 Å². The zero-order valence-corrected chi connectivity index (χ0v) is 9.40. The van der Waals surface area contributed by atoms with Crippen LogP contribution in [0.3, 0.4) is 0 Å². The van der Waals surface area contributed by atoms with Gasteiger partial charge in [-0.1, -0.05) is 0 Å². The van der Waals surface area contributed by atoms with Crippen molar-refractivity contribution in [3.8, 4) is 0 Å². The summed E-state index contributed by atoms with van der Waals surface area (Å²) < 4.78 is 0.684. The van der Waals surface area contributed by atoms with E-state index in [2.05, 4.69) is 0 Å². The van der Waals surface area contributed by atoms with Crippen LogP contribution < -0.4 is 11.5 Å². The number of amides is 3. The van der Waals surface area contributed by atoms with Crippen molar-refractivity contribution in [1.29, 1.82) is 0 Å². The van der Waals surface area contributed by atoms with E-state index in [1.807, 2.05) is 21.1 Å². The molecule has 0 aromatic heterocycles. The van der Waals surface area contributed by atoms with Crippen LogP contribution in [-0.2, 0) is 9.63 Å². The lowest BCUT2D eigenvalue weighted by atomic mass is 10.5. The molecule has 0 atom stereocenters. The standard InChI is InChI=1S/C8H18N4O3/c1-12(2,3)4-5-15-11(8(10)14)6-7(9)13/h4-6H2,1-3H3,(H3-,9,10,13,14)/p+1. The van der Waals surface area contributed by atoms with Crippen LogP contribution in [0.2, 0.25) is 0 Å². The number of primary amides is 2. The van der Waals surface area contributed by atoms with Crippen molar-refractivity contribution >= 4 is 11.9 Å². The summed E-state index contributed by atoms with van der Waals surface area (Å²) in [5.74, 6) is -0.668. The zero-order valence-electron chi connectivity index (χ0n) is 9.40. The first kappa shape index (κ1) is 13.7. The highest BCUT2D eigenvalue weighted by Crippen LogP contribution is 1.94. The molecule has 0 bridgehead atoms. The number of hydrogen-bond donors (Lipinski definition) is 2. The maximum absolute atomic E-state index is 10.8. The second-order valence-corrected chi connectivity index (χ2v) is 4.19. The van der Waals surface area contributed by atoms with Gasteiger partial charge in [0.15, 0.2) is 0 Å². The van der Waals surface area contributed by atoms with Gasteiger partial charge in [-0.15, -0.1) is 0 Å². The van der Waals surface area contributed by atoms with Crippen LogP contribution in [-0.4, -0.2) is 62.3 Å². The van der Waals surface area contributed by atoms with Crippen molar-refractivity contribution in [2.45, 2.75) is 0 Å². The van der Waals surface area contributed by atoms with Gasteiger partial charge in [0.1, 0.15) is 19.7 Å². The van der Waals surface area contributed by atoms with E-state index < -0.39 is 11.9 Å². The maximum atomic E-state index is 10.8. The molecule has 88 valence electrons. The third-order valence-electron chi connectivity index (χ3n) is 1.55. The fourth-order valence-electron chi connectivity index (χ4n) is 0.754. The second kappa shape index (κ2) is 5.52. The van der Waals surface area contributed by atoms with Gasteiger partial charge in [0.25, 0.3) is 0 Å². The smallest absolute Gasteiger partial charge is 0.339 e. The largest absolute Gasteiger partial charge is 0.368 e. The van der Waals surface area contributed by atoms with E-state index in [9.17, 15) is 9.59 Å².